The lowest BCUT2D eigenvalue weighted by Crippen LogP contribution is -1.97. The molecule has 0 saturated heterocycles. The van der Waals surface area contributed by atoms with E-state index < -0.39 is 0 Å². The van der Waals surface area contributed by atoms with Crippen molar-refractivity contribution in [3.05, 3.63) is 57.8 Å². The van der Waals surface area contributed by atoms with Crippen LogP contribution in [0, 0.1) is 12.7 Å². The topological polar surface area (TPSA) is 35.2 Å². The van der Waals surface area contributed by atoms with Gasteiger partial charge in [0.2, 0.25) is 0 Å². The number of nitrogens with two attached hydrogens (primary N) is 1. The molecule has 2 nitrogen and oxygen atoms in total. The summed E-state index contributed by atoms with van der Waals surface area (Å²) in [6.45, 7) is 2.16. The van der Waals surface area contributed by atoms with Crippen LogP contribution in [0.3, 0.4) is 0 Å². The first-order valence-corrected chi connectivity index (χ1v) is 6.32. The van der Waals surface area contributed by atoms with Crippen LogP contribution in [0.1, 0.15) is 11.1 Å². The molecule has 0 heterocycles. The second-order valence-corrected chi connectivity index (χ2v) is 4.81. The Balaban J connectivity index is 2.31. The average molecular weight is 310 g/mol. The Morgan fingerprint density at radius 1 is 1.22 bits per heavy atom. The smallest absolute Gasteiger partial charge is 0.168 e. The molecule has 18 heavy (non-hydrogen) atoms. The van der Waals surface area contributed by atoms with E-state index in [9.17, 15) is 4.39 Å². The van der Waals surface area contributed by atoms with Crippen molar-refractivity contribution in [2.45, 2.75) is 13.5 Å². The summed E-state index contributed by atoms with van der Waals surface area (Å²) in [4.78, 5) is 0. The van der Waals surface area contributed by atoms with E-state index in [1.54, 1.807) is 31.2 Å². The maximum atomic E-state index is 13.8. The molecule has 2 aromatic rings. The molecule has 0 aliphatic carbocycles. The fourth-order valence-electron chi connectivity index (χ4n) is 1.57. The molecular weight excluding hydrogens is 297 g/mol. The van der Waals surface area contributed by atoms with Crippen LogP contribution in [-0.2, 0) is 6.54 Å². The number of hydrogen-bond acceptors (Lipinski definition) is 2. The highest BCUT2D eigenvalue weighted by atomic mass is 79.9. The Labute approximate surface area is 114 Å². The van der Waals surface area contributed by atoms with Crippen molar-refractivity contribution in [2.24, 2.45) is 5.73 Å². The van der Waals surface area contributed by atoms with E-state index in [1.165, 1.54) is 0 Å². The van der Waals surface area contributed by atoms with Crippen molar-refractivity contribution in [2.75, 3.05) is 0 Å². The maximum Gasteiger partial charge on any atom is 0.168 e. The Hall–Kier alpha value is -1.39. The number of benzene rings is 2. The van der Waals surface area contributed by atoms with Crippen LogP contribution < -0.4 is 10.5 Å². The normalized spacial score (nSPS) is 10.4. The van der Waals surface area contributed by atoms with E-state index in [4.69, 9.17) is 10.5 Å². The highest BCUT2D eigenvalue weighted by Gasteiger charge is 2.09. The van der Waals surface area contributed by atoms with Gasteiger partial charge in [-0.3, -0.25) is 0 Å². The third-order valence-electron chi connectivity index (χ3n) is 2.61. The maximum absolute atomic E-state index is 13.8. The van der Waals surface area contributed by atoms with Crippen LogP contribution in [0.4, 0.5) is 4.39 Å². The van der Waals surface area contributed by atoms with Gasteiger partial charge in [-0.05, 0) is 52.2 Å². The molecular formula is C14H13BrFNO. The highest BCUT2D eigenvalue weighted by Crippen LogP contribution is 2.32. The van der Waals surface area contributed by atoms with Gasteiger partial charge in [-0.25, -0.2) is 4.39 Å². The number of rotatable bonds is 3. The monoisotopic (exact) mass is 309 g/mol. The zero-order valence-corrected chi connectivity index (χ0v) is 11.5. The van der Waals surface area contributed by atoms with Gasteiger partial charge in [0, 0.05) is 6.54 Å². The van der Waals surface area contributed by atoms with E-state index in [2.05, 4.69) is 15.9 Å². The van der Waals surface area contributed by atoms with Crippen LogP contribution in [0.15, 0.2) is 40.9 Å². The molecule has 0 spiro atoms. The third-order valence-corrected chi connectivity index (χ3v) is 3.23. The Morgan fingerprint density at radius 2 is 2.00 bits per heavy atom. The molecule has 0 aliphatic rings. The van der Waals surface area contributed by atoms with Crippen molar-refractivity contribution >= 4 is 15.9 Å². The van der Waals surface area contributed by atoms with Gasteiger partial charge < -0.3 is 10.5 Å². The van der Waals surface area contributed by atoms with E-state index >= 15 is 0 Å². The first-order chi connectivity index (χ1) is 8.61. The van der Waals surface area contributed by atoms with Gasteiger partial charge in [-0.15, -0.1) is 0 Å². The molecule has 2 aromatic carbocycles. The lowest BCUT2D eigenvalue weighted by molar-refractivity contribution is 0.437. The van der Waals surface area contributed by atoms with Gasteiger partial charge in [-0.2, -0.15) is 0 Å². The first kappa shape index (κ1) is 13.1. The zero-order valence-electron chi connectivity index (χ0n) is 9.91. The number of halogens is 2. The summed E-state index contributed by atoms with van der Waals surface area (Å²) in [5.41, 5.74) is 7.09. The predicted molar refractivity (Wildman–Crippen MR) is 73.2 cm³/mol. The van der Waals surface area contributed by atoms with Gasteiger partial charge in [0.25, 0.3) is 0 Å². The van der Waals surface area contributed by atoms with Crippen LogP contribution >= 0.6 is 15.9 Å². The standard InChI is InChI=1S/C14H13BrFNO/c1-9-3-2-4-13(14(9)16)18-12-6-5-10(8-17)7-11(12)15/h2-7H,8,17H2,1H3. The fourth-order valence-corrected chi connectivity index (χ4v) is 2.08. The summed E-state index contributed by atoms with van der Waals surface area (Å²) in [6, 6.07) is 10.6. The van der Waals surface area contributed by atoms with Crippen molar-refractivity contribution in [1.29, 1.82) is 0 Å². The molecule has 0 aliphatic heterocycles. The van der Waals surface area contributed by atoms with Crippen molar-refractivity contribution < 1.29 is 9.13 Å². The fraction of sp³-hybridized carbons (Fsp3) is 0.143. The highest BCUT2D eigenvalue weighted by molar-refractivity contribution is 9.10. The molecule has 94 valence electrons. The molecule has 0 bridgehead atoms. The van der Waals surface area contributed by atoms with Crippen molar-refractivity contribution in [1.82, 2.24) is 0 Å². The molecule has 0 saturated carbocycles. The zero-order chi connectivity index (χ0) is 13.1. The summed E-state index contributed by atoms with van der Waals surface area (Å²) in [6.07, 6.45) is 0. The number of hydrogen-bond donors (Lipinski definition) is 1. The second kappa shape index (κ2) is 5.50. The van der Waals surface area contributed by atoms with Gasteiger partial charge in [-0.1, -0.05) is 18.2 Å². The SMILES string of the molecule is Cc1cccc(Oc2ccc(CN)cc2Br)c1F. The third kappa shape index (κ3) is 2.71. The molecule has 0 aromatic heterocycles. The largest absolute Gasteiger partial charge is 0.453 e. The Morgan fingerprint density at radius 3 is 2.67 bits per heavy atom. The van der Waals surface area contributed by atoms with Crippen molar-refractivity contribution in [3.8, 4) is 11.5 Å². The average Bonchev–Trinajstić information content (AvgIpc) is 2.37. The van der Waals surface area contributed by atoms with Crippen LogP contribution in [0.25, 0.3) is 0 Å². The van der Waals surface area contributed by atoms with Crippen LogP contribution in [-0.4, -0.2) is 0 Å². The lowest BCUT2D eigenvalue weighted by atomic mass is 10.2. The molecule has 0 amide bonds. The summed E-state index contributed by atoms with van der Waals surface area (Å²) >= 11 is 3.39. The molecule has 2 N–H and O–H groups in total. The summed E-state index contributed by atoms with van der Waals surface area (Å²) in [7, 11) is 0. The quantitative estimate of drug-likeness (QED) is 0.924. The van der Waals surface area contributed by atoms with Crippen LogP contribution in [0.5, 0.6) is 11.5 Å². The second-order valence-electron chi connectivity index (χ2n) is 3.96. The summed E-state index contributed by atoms with van der Waals surface area (Å²) in [5.74, 6) is 0.445. The van der Waals surface area contributed by atoms with E-state index in [0.717, 1.165) is 10.0 Å². The van der Waals surface area contributed by atoms with Gasteiger partial charge >= 0.3 is 0 Å². The van der Waals surface area contributed by atoms with Gasteiger partial charge in [0.05, 0.1) is 4.47 Å². The molecule has 2 rings (SSSR count). The predicted octanol–water partition coefficient (Wildman–Crippen LogP) is 4.15. The van der Waals surface area contributed by atoms with Gasteiger partial charge in [0.1, 0.15) is 5.75 Å². The van der Waals surface area contributed by atoms with Crippen LogP contribution in [0.2, 0.25) is 0 Å². The van der Waals surface area contributed by atoms with E-state index in [1.807, 2.05) is 12.1 Å². The minimum atomic E-state index is -0.340. The number of aryl methyl sites for hydroxylation is 1. The lowest BCUT2D eigenvalue weighted by Gasteiger charge is -2.10. The molecule has 0 fully saturated rings. The summed E-state index contributed by atoms with van der Waals surface area (Å²) < 4.78 is 20.1. The minimum Gasteiger partial charge on any atom is -0.453 e. The molecule has 0 unspecified atom stereocenters. The Kier molecular flexibility index (Phi) is 3.99. The van der Waals surface area contributed by atoms with Crippen molar-refractivity contribution in [3.63, 3.8) is 0 Å². The summed E-state index contributed by atoms with van der Waals surface area (Å²) in [5, 5.41) is 0. The minimum absolute atomic E-state index is 0.219. The van der Waals surface area contributed by atoms with Gasteiger partial charge in [0.15, 0.2) is 11.6 Å². The molecule has 4 heteroatoms. The number of ether oxygens (including phenoxy) is 1. The van der Waals surface area contributed by atoms with E-state index in [0.29, 0.717) is 17.9 Å². The van der Waals surface area contributed by atoms with E-state index in [-0.39, 0.29) is 11.6 Å². The first-order valence-electron chi connectivity index (χ1n) is 5.53. The molecule has 0 radical (unpaired) electrons. The molecule has 0 atom stereocenters. The Bertz CT molecular complexity index is 572.